The Morgan fingerprint density at radius 1 is 0.880 bits per heavy atom. The van der Waals surface area contributed by atoms with E-state index < -0.39 is 33.8 Å². The number of halogens is 3. The van der Waals surface area contributed by atoms with Gasteiger partial charge in [-0.05, 0) is 56.3 Å². The number of rotatable bonds is 5. The summed E-state index contributed by atoms with van der Waals surface area (Å²) < 4.78 is 66.9. The molecule has 3 N–H and O–H groups in total. The number of carbonyl (C=O) groups excluding carboxylic acids is 2. The molecule has 2 aromatic carbocycles. The molecule has 0 radical (unpaired) electrons. The van der Waals surface area contributed by atoms with Gasteiger partial charge in [0.25, 0.3) is 16.0 Å². The van der Waals surface area contributed by atoms with Gasteiger partial charge in [0.15, 0.2) is 0 Å². The molecule has 3 amide bonds. The monoisotopic (exact) mass is 715 g/mol. The summed E-state index contributed by atoms with van der Waals surface area (Å²) in [5, 5.41) is 10.6. The van der Waals surface area contributed by atoms with Crippen molar-refractivity contribution >= 4 is 39.4 Å². The SMILES string of the molecule is CS(=O)(=O)O.Cc1ccc(-n2nc(C(C)(C)C)cc2NC(=O)Nc2ccc(N3CCN(C(=O)c4cccc(C(F)(F)F)c4)CC3)nc2C)cc1. The number of hydrogen-bond acceptors (Lipinski definition) is 7. The molecule has 1 aliphatic rings. The highest BCUT2D eigenvalue weighted by Gasteiger charge is 2.32. The first-order valence-corrected chi connectivity index (χ1v) is 17.4. The third-order valence-corrected chi connectivity index (χ3v) is 7.64. The molecule has 0 bridgehead atoms. The van der Waals surface area contributed by atoms with Crippen LogP contribution in [0.5, 0.6) is 0 Å². The van der Waals surface area contributed by atoms with Gasteiger partial charge >= 0.3 is 12.2 Å². The normalized spacial score (nSPS) is 13.7. The predicted molar refractivity (Wildman–Crippen MR) is 186 cm³/mol. The lowest BCUT2D eigenvalue weighted by molar-refractivity contribution is -0.137. The van der Waals surface area contributed by atoms with Crippen LogP contribution in [0, 0.1) is 13.8 Å². The summed E-state index contributed by atoms with van der Waals surface area (Å²) in [5.41, 5.74) is 2.85. The van der Waals surface area contributed by atoms with Crippen LogP contribution in [0.3, 0.4) is 0 Å². The molecule has 0 aliphatic carbocycles. The van der Waals surface area contributed by atoms with Gasteiger partial charge in [-0.25, -0.2) is 14.5 Å². The number of nitrogens with one attached hydrogen (secondary N) is 2. The van der Waals surface area contributed by atoms with E-state index in [4.69, 9.17) is 9.65 Å². The van der Waals surface area contributed by atoms with Gasteiger partial charge in [-0.2, -0.15) is 26.7 Å². The van der Waals surface area contributed by atoms with Crippen LogP contribution in [0.4, 0.5) is 35.3 Å². The molecule has 3 heterocycles. The number of aryl methyl sites for hydroxylation is 2. The topological polar surface area (TPSA) is 150 Å². The molecule has 16 heteroatoms. The van der Waals surface area contributed by atoms with Crippen molar-refractivity contribution in [1.29, 1.82) is 0 Å². The van der Waals surface area contributed by atoms with Crippen LogP contribution in [0.15, 0.2) is 66.7 Å². The number of benzene rings is 2. The molecule has 1 aliphatic heterocycles. The summed E-state index contributed by atoms with van der Waals surface area (Å²) in [4.78, 5) is 34.2. The minimum Gasteiger partial charge on any atom is -0.353 e. The zero-order valence-electron chi connectivity index (χ0n) is 28.5. The summed E-state index contributed by atoms with van der Waals surface area (Å²) in [6.45, 7) is 11.6. The van der Waals surface area contributed by atoms with Crippen molar-refractivity contribution in [2.75, 3.05) is 48.0 Å². The van der Waals surface area contributed by atoms with Crippen LogP contribution in [-0.4, -0.2) is 77.0 Å². The average molecular weight is 716 g/mol. The van der Waals surface area contributed by atoms with Crippen LogP contribution >= 0.6 is 0 Å². The fourth-order valence-electron chi connectivity index (χ4n) is 5.00. The van der Waals surface area contributed by atoms with E-state index in [9.17, 15) is 31.2 Å². The first kappa shape index (κ1) is 37.9. The molecule has 0 atom stereocenters. The number of hydrogen-bond donors (Lipinski definition) is 3. The van der Waals surface area contributed by atoms with Crippen molar-refractivity contribution in [3.8, 4) is 5.69 Å². The van der Waals surface area contributed by atoms with Gasteiger partial charge in [-0.3, -0.25) is 14.7 Å². The summed E-state index contributed by atoms with van der Waals surface area (Å²) in [6.07, 6.45) is -3.80. The molecule has 2 aromatic heterocycles. The Kier molecular flexibility index (Phi) is 11.3. The lowest BCUT2D eigenvalue weighted by Gasteiger charge is -2.35. The molecular formula is C34H40F3N7O5S. The quantitative estimate of drug-likeness (QED) is 0.204. The van der Waals surface area contributed by atoms with Crippen molar-refractivity contribution < 1.29 is 35.7 Å². The third kappa shape index (κ3) is 10.3. The fraction of sp³-hybridized carbons (Fsp3) is 0.353. The number of anilines is 3. The minimum absolute atomic E-state index is 0.0116. The Morgan fingerprint density at radius 3 is 2.06 bits per heavy atom. The number of amides is 3. The Labute approximate surface area is 289 Å². The lowest BCUT2D eigenvalue weighted by atomic mass is 9.92. The minimum atomic E-state index is -4.51. The van der Waals surface area contributed by atoms with E-state index >= 15 is 0 Å². The maximum absolute atomic E-state index is 13.1. The highest BCUT2D eigenvalue weighted by molar-refractivity contribution is 7.85. The number of piperazine rings is 1. The van der Waals surface area contributed by atoms with Crippen LogP contribution in [-0.2, 0) is 21.7 Å². The maximum Gasteiger partial charge on any atom is 0.416 e. The summed E-state index contributed by atoms with van der Waals surface area (Å²) in [6, 6.07) is 17.4. The van der Waals surface area contributed by atoms with Gasteiger partial charge in [-0.1, -0.05) is 44.5 Å². The molecule has 0 unspecified atom stereocenters. The molecule has 4 aromatic rings. The molecule has 1 saturated heterocycles. The number of alkyl halides is 3. The van der Waals surface area contributed by atoms with Crippen molar-refractivity contribution in [3.05, 3.63) is 94.8 Å². The van der Waals surface area contributed by atoms with Gasteiger partial charge < -0.3 is 15.1 Å². The van der Waals surface area contributed by atoms with E-state index in [0.29, 0.717) is 55.5 Å². The summed E-state index contributed by atoms with van der Waals surface area (Å²) in [5.74, 6) is 0.770. The fourth-order valence-corrected chi connectivity index (χ4v) is 5.00. The molecular weight excluding hydrogens is 675 g/mol. The van der Waals surface area contributed by atoms with E-state index in [0.717, 1.165) is 29.1 Å². The van der Waals surface area contributed by atoms with Crippen molar-refractivity contribution in [2.24, 2.45) is 0 Å². The Bertz CT molecular complexity index is 1940. The summed E-state index contributed by atoms with van der Waals surface area (Å²) >= 11 is 0. The van der Waals surface area contributed by atoms with E-state index in [2.05, 4.69) is 36.4 Å². The van der Waals surface area contributed by atoms with E-state index in [1.807, 2.05) is 42.2 Å². The second-order valence-electron chi connectivity index (χ2n) is 12.9. The molecule has 12 nitrogen and oxygen atoms in total. The number of carbonyl (C=O) groups is 2. The van der Waals surface area contributed by atoms with E-state index in [1.165, 1.54) is 12.1 Å². The first-order valence-electron chi connectivity index (χ1n) is 15.6. The zero-order chi connectivity index (χ0) is 37.0. The molecule has 5 rings (SSSR count). The standard InChI is InChI=1S/C33H36F3N7O2.CH4O3S/c1-21-9-11-25(12-10-21)43-29(20-27(40-43)32(3,4)5)39-31(45)38-26-13-14-28(37-22(26)2)41-15-17-42(18-16-41)30(44)23-7-6-8-24(19-23)33(34,35)36;1-5(2,3)4/h6-14,19-20H,15-18H2,1-5H3,(H2,38,39,45);1H3,(H,2,3,4). The van der Waals surface area contributed by atoms with Gasteiger partial charge in [0.05, 0.1) is 34.6 Å². The number of aromatic nitrogens is 3. The second-order valence-corrected chi connectivity index (χ2v) is 14.4. The van der Waals surface area contributed by atoms with Crippen LogP contribution in [0.25, 0.3) is 5.69 Å². The Morgan fingerprint density at radius 2 is 1.50 bits per heavy atom. The van der Waals surface area contributed by atoms with E-state index in [1.54, 1.807) is 28.6 Å². The Balaban J connectivity index is 0.00000105. The van der Waals surface area contributed by atoms with Gasteiger partial charge in [0.2, 0.25) is 0 Å². The molecule has 0 saturated carbocycles. The van der Waals surface area contributed by atoms with Crippen molar-refractivity contribution in [2.45, 2.75) is 46.2 Å². The number of pyridine rings is 1. The molecule has 0 spiro atoms. The smallest absolute Gasteiger partial charge is 0.353 e. The molecule has 50 heavy (non-hydrogen) atoms. The highest BCUT2D eigenvalue weighted by Crippen LogP contribution is 2.30. The largest absolute Gasteiger partial charge is 0.416 e. The van der Waals surface area contributed by atoms with Crippen molar-refractivity contribution in [1.82, 2.24) is 19.7 Å². The highest BCUT2D eigenvalue weighted by atomic mass is 32.2. The van der Waals surface area contributed by atoms with Gasteiger partial charge in [0.1, 0.15) is 11.6 Å². The van der Waals surface area contributed by atoms with Crippen LogP contribution in [0.2, 0.25) is 0 Å². The third-order valence-electron chi connectivity index (χ3n) is 7.64. The average Bonchev–Trinajstić information content (AvgIpc) is 3.45. The van der Waals surface area contributed by atoms with Crippen LogP contribution in [0.1, 0.15) is 53.6 Å². The van der Waals surface area contributed by atoms with E-state index in [-0.39, 0.29) is 11.0 Å². The molecule has 268 valence electrons. The van der Waals surface area contributed by atoms with Gasteiger partial charge in [-0.15, -0.1) is 0 Å². The zero-order valence-corrected chi connectivity index (χ0v) is 29.4. The summed E-state index contributed by atoms with van der Waals surface area (Å²) in [7, 11) is -3.67. The number of urea groups is 1. The lowest BCUT2D eigenvalue weighted by Crippen LogP contribution is -2.49. The van der Waals surface area contributed by atoms with Crippen molar-refractivity contribution in [3.63, 3.8) is 0 Å². The molecule has 1 fully saturated rings. The second kappa shape index (κ2) is 14.9. The maximum atomic E-state index is 13.1. The van der Waals surface area contributed by atoms with Gasteiger partial charge in [0, 0.05) is 43.2 Å². The number of nitrogens with zero attached hydrogens (tertiary/aromatic N) is 5. The first-order chi connectivity index (χ1) is 23.2. The Hall–Kier alpha value is -4.96. The van der Waals surface area contributed by atoms with Crippen LogP contribution < -0.4 is 15.5 Å². The predicted octanol–water partition coefficient (Wildman–Crippen LogP) is 6.31.